The number of aromatic nitrogens is 4. The van der Waals surface area contributed by atoms with Gasteiger partial charge in [0.05, 0.1) is 15.8 Å². The lowest BCUT2D eigenvalue weighted by Crippen LogP contribution is -2.39. The predicted octanol–water partition coefficient (Wildman–Crippen LogP) is 1.95. The zero-order valence-electron chi connectivity index (χ0n) is 17.9. The van der Waals surface area contributed by atoms with E-state index < -0.39 is 9.84 Å². The third-order valence-electron chi connectivity index (χ3n) is 6.10. The highest BCUT2D eigenvalue weighted by molar-refractivity contribution is 7.91. The lowest BCUT2D eigenvalue weighted by Gasteiger charge is -2.32. The maximum atomic E-state index is 13.4. The molecule has 2 aromatic heterocycles. The molecule has 0 radical (unpaired) electrons. The number of anilines is 1. The summed E-state index contributed by atoms with van der Waals surface area (Å²) in [6, 6.07) is 10.8. The van der Waals surface area contributed by atoms with E-state index in [-0.39, 0.29) is 27.2 Å². The Hall–Kier alpha value is -3.24. The molecular formula is C22H24N6O3S. The van der Waals surface area contributed by atoms with Gasteiger partial charge in [-0.1, -0.05) is 22.9 Å². The summed E-state index contributed by atoms with van der Waals surface area (Å²) in [5, 5.41) is 8.23. The van der Waals surface area contributed by atoms with E-state index in [4.69, 9.17) is 5.73 Å². The van der Waals surface area contributed by atoms with Crippen LogP contribution in [0.3, 0.4) is 0 Å². The van der Waals surface area contributed by atoms with Crippen molar-refractivity contribution in [2.75, 3.05) is 18.0 Å². The van der Waals surface area contributed by atoms with Crippen molar-refractivity contribution in [3.63, 3.8) is 0 Å². The van der Waals surface area contributed by atoms with Crippen molar-refractivity contribution in [2.24, 2.45) is 5.73 Å². The van der Waals surface area contributed by atoms with Crippen LogP contribution in [0.25, 0.3) is 16.6 Å². The van der Waals surface area contributed by atoms with E-state index >= 15 is 0 Å². The SMILES string of the molecule is Cc1ccc(S(=O)(=O)c2nnn3c2[nH]c(=O)c2ccc(N4CCC(N)CC4)cc23)c(C)c1. The van der Waals surface area contributed by atoms with Crippen LogP contribution in [0, 0.1) is 13.8 Å². The van der Waals surface area contributed by atoms with Gasteiger partial charge in [0, 0.05) is 24.8 Å². The fourth-order valence-corrected chi connectivity index (χ4v) is 5.82. The largest absolute Gasteiger partial charge is 0.371 e. The maximum Gasteiger partial charge on any atom is 0.259 e. The van der Waals surface area contributed by atoms with E-state index in [9.17, 15) is 13.2 Å². The molecule has 2 aromatic carbocycles. The highest BCUT2D eigenvalue weighted by atomic mass is 32.2. The van der Waals surface area contributed by atoms with Gasteiger partial charge in [-0.2, -0.15) is 4.52 Å². The quantitative estimate of drug-likeness (QED) is 0.486. The van der Waals surface area contributed by atoms with Gasteiger partial charge in [0.25, 0.3) is 5.56 Å². The highest BCUT2D eigenvalue weighted by Gasteiger charge is 2.28. The lowest BCUT2D eigenvalue weighted by molar-refractivity contribution is 0.501. The Bertz CT molecular complexity index is 1510. The molecule has 3 N–H and O–H groups in total. The Morgan fingerprint density at radius 3 is 2.56 bits per heavy atom. The molecule has 3 heterocycles. The second kappa shape index (κ2) is 7.42. The van der Waals surface area contributed by atoms with Crippen molar-refractivity contribution in [3.8, 4) is 0 Å². The van der Waals surface area contributed by atoms with Crippen LogP contribution in [0.5, 0.6) is 0 Å². The molecule has 0 amide bonds. The van der Waals surface area contributed by atoms with Crippen LogP contribution in [-0.2, 0) is 9.84 Å². The Morgan fingerprint density at radius 1 is 1.09 bits per heavy atom. The molecule has 1 aliphatic heterocycles. The molecule has 10 heteroatoms. The van der Waals surface area contributed by atoms with Crippen molar-refractivity contribution in [3.05, 3.63) is 57.9 Å². The molecule has 0 bridgehead atoms. The van der Waals surface area contributed by atoms with Crippen LogP contribution in [0.1, 0.15) is 24.0 Å². The summed E-state index contributed by atoms with van der Waals surface area (Å²) in [6.07, 6.45) is 1.79. The zero-order chi connectivity index (χ0) is 22.6. The molecule has 0 spiro atoms. The van der Waals surface area contributed by atoms with Crippen LogP contribution in [0.2, 0.25) is 0 Å². The summed E-state index contributed by atoms with van der Waals surface area (Å²) >= 11 is 0. The first-order chi connectivity index (χ1) is 15.3. The summed E-state index contributed by atoms with van der Waals surface area (Å²) in [5.41, 5.74) is 8.70. The summed E-state index contributed by atoms with van der Waals surface area (Å²) in [7, 11) is -3.98. The van der Waals surface area contributed by atoms with Crippen molar-refractivity contribution in [1.82, 2.24) is 19.8 Å². The number of sulfone groups is 1. The van der Waals surface area contributed by atoms with E-state index in [0.29, 0.717) is 16.5 Å². The number of hydrogen-bond acceptors (Lipinski definition) is 7. The highest BCUT2D eigenvalue weighted by Crippen LogP contribution is 2.28. The number of aromatic amines is 1. The van der Waals surface area contributed by atoms with Crippen LogP contribution >= 0.6 is 0 Å². The molecule has 1 saturated heterocycles. The molecule has 0 unspecified atom stereocenters. The third kappa shape index (κ3) is 3.26. The first-order valence-corrected chi connectivity index (χ1v) is 12.0. The van der Waals surface area contributed by atoms with Crippen LogP contribution in [0.15, 0.2) is 51.1 Å². The van der Waals surface area contributed by atoms with Crippen molar-refractivity contribution in [1.29, 1.82) is 0 Å². The summed E-state index contributed by atoms with van der Waals surface area (Å²) in [5.74, 6) is 0. The van der Waals surface area contributed by atoms with Gasteiger partial charge in [0.1, 0.15) is 0 Å². The fourth-order valence-electron chi connectivity index (χ4n) is 4.35. The Kier molecular flexibility index (Phi) is 4.79. The number of nitrogens with two attached hydrogens (primary N) is 1. The van der Waals surface area contributed by atoms with Gasteiger partial charge in [0.2, 0.25) is 14.9 Å². The van der Waals surface area contributed by atoms with Gasteiger partial charge in [-0.25, -0.2) is 8.42 Å². The number of piperidine rings is 1. The minimum atomic E-state index is -3.98. The van der Waals surface area contributed by atoms with Crippen LogP contribution in [-0.4, -0.2) is 47.4 Å². The first kappa shape index (κ1) is 20.7. The lowest BCUT2D eigenvalue weighted by atomic mass is 10.1. The predicted molar refractivity (Wildman–Crippen MR) is 122 cm³/mol. The van der Waals surface area contributed by atoms with Crippen LogP contribution < -0.4 is 16.2 Å². The van der Waals surface area contributed by atoms with Gasteiger partial charge in [-0.05, 0) is 56.5 Å². The van der Waals surface area contributed by atoms with Gasteiger partial charge in [0.15, 0.2) is 5.65 Å². The number of nitrogens with one attached hydrogen (secondary N) is 1. The average molecular weight is 453 g/mol. The number of rotatable bonds is 3. The summed E-state index contributed by atoms with van der Waals surface area (Å²) in [4.78, 5) is 17.8. The van der Waals surface area contributed by atoms with Crippen molar-refractivity contribution < 1.29 is 8.42 Å². The molecule has 0 atom stereocenters. The normalized spacial score (nSPS) is 15.7. The van der Waals surface area contributed by atoms with Crippen molar-refractivity contribution in [2.45, 2.75) is 42.7 Å². The molecule has 0 saturated carbocycles. The molecule has 1 aliphatic rings. The van der Waals surface area contributed by atoms with Gasteiger partial charge in [-0.15, -0.1) is 5.10 Å². The molecular weight excluding hydrogens is 428 g/mol. The monoisotopic (exact) mass is 452 g/mol. The van der Waals surface area contributed by atoms with Gasteiger partial charge >= 0.3 is 0 Å². The number of H-pyrrole nitrogens is 1. The number of hydrogen-bond donors (Lipinski definition) is 2. The first-order valence-electron chi connectivity index (χ1n) is 10.5. The minimum Gasteiger partial charge on any atom is -0.371 e. The molecule has 9 nitrogen and oxygen atoms in total. The van der Waals surface area contributed by atoms with E-state index in [0.717, 1.165) is 37.2 Å². The van der Waals surface area contributed by atoms with E-state index in [1.54, 1.807) is 31.2 Å². The van der Waals surface area contributed by atoms with Gasteiger partial charge in [-0.3, -0.25) is 4.79 Å². The van der Waals surface area contributed by atoms with E-state index in [1.165, 1.54) is 4.52 Å². The number of aryl methyl sites for hydroxylation is 2. The zero-order valence-corrected chi connectivity index (χ0v) is 18.7. The van der Waals surface area contributed by atoms with Crippen molar-refractivity contribution >= 4 is 32.1 Å². The maximum absolute atomic E-state index is 13.4. The number of benzene rings is 2. The summed E-state index contributed by atoms with van der Waals surface area (Å²) < 4.78 is 28.1. The third-order valence-corrected chi connectivity index (χ3v) is 7.93. The molecule has 1 fully saturated rings. The molecule has 5 rings (SSSR count). The second-order valence-electron chi connectivity index (χ2n) is 8.41. The van der Waals surface area contributed by atoms with E-state index in [2.05, 4.69) is 20.2 Å². The number of nitrogens with zero attached hydrogens (tertiary/aromatic N) is 4. The fraction of sp³-hybridized carbons (Fsp3) is 0.318. The molecule has 166 valence electrons. The smallest absolute Gasteiger partial charge is 0.259 e. The topological polar surface area (TPSA) is 126 Å². The summed E-state index contributed by atoms with van der Waals surface area (Å²) in [6.45, 7) is 5.28. The Labute approximate surface area is 184 Å². The minimum absolute atomic E-state index is 0.0558. The number of fused-ring (bicyclic) bond motifs is 3. The molecule has 0 aliphatic carbocycles. The standard InChI is InChI=1S/C22H24N6O3S/c1-13-3-6-19(14(2)11-13)32(30,31)22-20-24-21(29)17-5-4-16(12-18(17)28(20)26-25-22)27-9-7-15(23)8-10-27/h3-6,11-12,15H,7-10,23H2,1-2H3,(H,24,29). The Balaban J connectivity index is 1.68. The van der Waals surface area contributed by atoms with E-state index in [1.807, 2.05) is 19.1 Å². The van der Waals surface area contributed by atoms with Crippen LogP contribution in [0.4, 0.5) is 5.69 Å². The molecule has 4 aromatic rings. The Morgan fingerprint density at radius 2 is 1.84 bits per heavy atom. The molecule has 32 heavy (non-hydrogen) atoms. The average Bonchev–Trinajstić information content (AvgIpc) is 3.18. The second-order valence-corrected chi connectivity index (χ2v) is 10.2. The van der Waals surface area contributed by atoms with Gasteiger partial charge < -0.3 is 15.6 Å².